The van der Waals surface area contributed by atoms with Crippen molar-refractivity contribution in [2.75, 3.05) is 18.4 Å². The second-order valence-electron chi connectivity index (χ2n) is 8.63. The number of nitrogens with zero attached hydrogens (tertiary/aromatic N) is 3. The van der Waals surface area contributed by atoms with E-state index in [1.54, 1.807) is 17.3 Å². The van der Waals surface area contributed by atoms with E-state index < -0.39 is 23.6 Å². The number of hydrogen-bond donors (Lipinski definition) is 1. The summed E-state index contributed by atoms with van der Waals surface area (Å²) in [6.07, 6.45) is 0.215. The van der Waals surface area contributed by atoms with Gasteiger partial charge in [-0.05, 0) is 54.3 Å². The van der Waals surface area contributed by atoms with Crippen LogP contribution in [0.3, 0.4) is 0 Å². The van der Waals surface area contributed by atoms with Gasteiger partial charge in [-0.1, -0.05) is 30.3 Å². The Balaban J connectivity index is 1.48. The van der Waals surface area contributed by atoms with Crippen LogP contribution in [-0.4, -0.2) is 39.9 Å². The first-order chi connectivity index (χ1) is 16.8. The molecule has 3 aromatic rings. The lowest BCUT2D eigenvalue weighted by Crippen LogP contribution is -2.48. The van der Waals surface area contributed by atoms with E-state index in [9.17, 15) is 22.4 Å². The Kier molecular flexibility index (Phi) is 7.65. The SMILES string of the molecule is O=C(Nc1cc(F)cc(C(F)(F)F)c1)N(Cc1ccccc1)C1CCN(Cc2ccncc2)CC1. The van der Waals surface area contributed by atoms with E-state index in [4.69, 9.17) is 0 Å². The number of likely N-dealkylation sites (tertiary alicyclic amines) is 1. The maximum Gasteiger partial charge on any atom is 0.416 e. The third kappa shape index (κ3) is 6.79. The molecule has 35 heavy (non-hydrogen) atoms. The number of urea groups is 1. The van der Waals surface area contributed by atoms with Crippen molar-refractivity contribution in [2.45, 2.75) is 38.1 Å². The molecule has 4 rings (SSSR count). The van der Waals surface area contributed by atoms with E-state index in [0.717, 1.165) is 42.9 Å². The van der Waals surface area contributed by atoms with Crippen LogP contribution in [0.2, 0.25) is 0 Å². The number of anilines is 1. The summed E-state index contributed by atoms with van der Waals surface area (Å²) in [6, 6.07) is 14.7. The molecule has 0 spiro atoms. The standard InChI is InChI=1S/C26H26F4N4O/c27-22-14-21(26(28,29)30)15-23(16-22)32-25(35)34(18-19-4-2-1-3-5-19)24-8-12-33(13-9-24)17-20-6-10-31-11-7-20/h1-7,10-11,14-16,24H,8-9,12-13,17-18H2,(H,32,35). The number of nitrogens with one attached hydrogen (secondary N) is 1. The van der Waals surface area contributed by atoms with Crippen molar-refractivity contribution in [3.8, 4) is 0 Å². The van der Waals surface area contributed by atoms with Gasteiger partial charge in [0.1, 0.15) is 5.82 Å². The summed E-state index contributed by atoms with van der Waals surface area (Å²) in [5.74, 6) is -1.06. The van der Waals surface area contributed by atoms with Crippen LogP contribution >= 0.6 is 0 Å². The molecule has 1 aromatic heterocycles. The summed E-state index contributed by atoms with van der Waals surface area (Å²) in [5.41, 5.74) is 0.684. The summed E-state index contributed by atoms with van der Waals surface area (Å²) in [7, 11) is 0. The number of aromatic nitrogens is 1. The highest BCUT2D eigenvalue weighted by atomic mass is 19.4. The molecule has 5 nitrogen and oxygen atoms in total. The smallest absolute Gasteiger partial charge is 0.317 e. The first kappa shape index (κ1) is 24.7. The molecule has 0 bridgehead atoms. The van der Waals surface area contributed by atoms with Gasteiger partial charge in [-0.2, -0.15) is 13.2 Å². The molecule has 1 N–H and O–H groups in total. The van der Waals surface area contributed by atoms with E-state index in [2.05, 4.69) is 15.2 Å². The monoisotopic (exact) mass is 486 g/mol. The number of hydrogen-bond acceptors (Lipinski definition) is 3. The average molecular weight is 487 g/mol. The second-order valence-corrected chi connectivity index (χ2v) is 8.63. The number of halogens is 4. The highest BCUT2D eigenvalue weighted by Crippen LogP contribution is 2.32. The molecule has 2 amide bonds. The van der Waals surface area contributed by atoms with Crippen molar-refractivity contribution in [1.82, 2.24) is 14.8 Å². The summed E-state index contributed by atoms with van der Waals surface area (Å²) < 4.78 is 53.2. The molecule has 1 aliphatic heterocycles. The molecule has 0 saturated carbocycles. The topological polar surface area (TPSA) is 48.5 Å². The van der Waals surface area contributed by atoms with Gasteiger partial charge in [0.15, 0.2) is 0 Å². The maximum absolute atomic E-state index is 13.9. The molecule has 1 saturated heterocycles. The van der Waals surface area contributed by atoms with E-state index in [0.29, 0.717) is 25.5 Å². The van der Waals surface area contributed by atoms with Crippen molar-refractivity contribution in [3.05, 3.63) is 95.6 Å². The summed E-state index contributed by atoms with van der Waals surface area (Å²) >= 11 is 0. The van der Waals surface area contributed by atoms with Crippen LogP contribution in [0.25, 0.3) is 0 Å². The Labute approximate surface area is 201 Å². The van der Waals surface area contributed by atoms with E-state index in [1.807, 2.05) is 42.5 Å². The molecule has 0 radical (unpaired) electrons. The Morgan fingerprint density at radius 1 is 1.00 bits per heavy atom. The van der Waals surface area contributed by atoms with Crippen LogP contribution in [0.1, 0.15) is 29.5 Å². The van der Waals surface area contributed by atoms with Gasteiger partial charge in [0.25, 0.3) is 0 Å². The molecule has 0 aliphatic carbocycles. The number of rotatable bonds is 6. The second kappa shape index (κ2) is 10.9. The third-order valence-electron chi connectivity index (χ3n) is 6.09. The third-order valence-corrected chi connectivity index (χ3v) is 6.09. The number of amides is 2. The molecule has 0 atom stereocenters. The average Bonchev–Trinajstić information content (AvgIpc) is 2.83. The first-order valence-electron chi connectivity index (χ1n) is 11.4. The highest BCUT2D eigenvalue weighted by Gasteiger charge is 2.32. The lowest BCUT2D eigenvalue weighted by Gasteiger charge is -2.38. The zero-order chi connectivity index (χ0) is 24.8. The van der Waals surface area contributed by atoms with Gasteiger partial charge in [0, 0.05) is 50.3 Å². The zero-order valence-corrected chi connectivity index (χ0v) is 19.0. The van der Waals surface area contributed by atoms with Crippen LogP contribution < -0.4 is 5.32 Å². The molecule has 9 heteroatoms. The molecule has 2 aromatic carbocycles. The molecule has 1 fully saturated rings. The van der Waals surface area contributed by atoms with Crippen molar-refractivity contribution in [2.24, 2.45) is 0 Å². The molecule has 2 heterocycles. The van der Waals surface area contributed by atoms with Gasteiger partial charge in [-0.25, -0.2) is 9.18 Å². The van der Waals surface area contributed by atoms with Gasteiger partial charge < -0.3 is 10.2 Å². The Hall–Kier alpha value is -3.46. The summed E-state index contributed by atoms with van der Waals surface area (Å²) in [6.45, 7) is 2.61. The minimum atomic E-state index is -4.72. The van der Waals surface area contributed by atoms with Crippen molar-refractivity contribution >= 4 is 11.7 Å². The molecule has 184 valence electrons. The molecule has 0 unspecified atom stereocenters. The van der Waals surface area contributed by atoms with Gasteiger partial charge in [-0.3, -0.25) is 9.88 Å². The lowest BCUT2D eigenvalue weighted by molar-refractivity contribution is -0.137. The summed E-state index contributed by atoms with van der Waals surface area (Å²) in [4.78, 5) is 21.2. The Bertz CT molecular complexity index is 1120. The van der Waals surface area contributed by atoms with Crippen molar-refractivity contribution in [1.29, 1.82) is 0 Å². The number of piperidine rings is 1. The fourth-order valence-electron chi connectivity index (χ4n) is 4.30. The first-order valence-corrected chi connectivity index (χ1v) is 11.4. The predicted octanol–water partition coefficient (Wildman–Crippen LogP) is 5.94. The van der Waals surface area contributed by atoms with Gasteiger partial charge in [0.2, 0.25) is 0 Å². The zero-order valence-electron chi connectivity index (χ0n) is 19.0. The lowest BCUT2D eigenvalue weighted by atomic mass is 10.0. The molecular formula is C26H26F4N4O. The minimum Gasteiger partial charge on any atom is -0.317 e. The summed E-state index contributed by atoms with van der Waals surface area (Å²) in [5, 5.41) is 2.49. The van der Waals surface area contributed by atoms with Crippen molar-refractivity contribution < 1.29 is 22.4 Å². The van der Waals surface area contributed by atoms with Gasteiger partial charge in [-0.15, -0.1) is 0 Å². The van der Waals surface area contributed by atoms with Gasteiger partial charge in [0.05, 0.1) is 5.56 Å². The van der Waals surface area contributed by atoms with Crippen LogP contribution in [0.5, 0.6) is 0 Å². The molecular weight excluding hydrogens is 460 g/mol. The molecule has 1 aliphatic rings. The minimum absolute atomic E-state index is 0.112. The van der Waals surface area contributed by atoms with E-state index in [-0.39, 0.29) is 11.7 Å². The predicted molar refractivity (Wildman–Crippen MR) is 125 cm³/mol. The number of benzene rings is 2. The highest BCUT2D eigenvalue weighted by molar-refractivity contribution is 5.89. The quantitative estimate of drug-likeness (QED) is 0.439. The fraction of sp³-hybridized carbons (Fsp3) is 0.308. The maximum atomic E-state index is 13.9. The van der Waals surface area contributed by atoms with Gasteiger partial charge >= 0.3 is 12.2 Å². The Morgan fingerprint density at radius 3 is 2.34 bits per heavy atom. The number of carbonyl (C=O) groups excluding carboxylic acids is 1. The number of pyridine rings is 1. The van der Waals surface area contributed by atoms with Crippen LogP contribution in [0.4, 0.5) is 28.0 Å². The largest absolute Gasteiger partial charge is 0.416 e. The van der Waals surface area contributed by atoms with Crippen LogP contribution in [0.15, 0.2) is 73.1 Å². The number of alkyl halides is 3. The van der Waals surface area contributed by atoms with Crippen molar-refractivity contribution in [3.63, 3.8) is 0 Å². The normalized spacial score (nSPS) is 15.1. The fourth-order valence-corrected chi connectivity index (χ4v) is 4.30. The number of carbonyl (C=O) groups is 1. The van der Waals surface area contributed by atoms with Crippen LogP contribution in [0, 0.1) is 5.82 Å². The Morgan fingerprint density at radius 2 is 1.69 bits per heavy atom. The van der Waals surface area contributed by atoms with E-state index in [1.165, 1.54) is 0 Å². The van der Waals surface area contributed by atoms with Crippen LogP contribution in [-0.2, 0) is 19.3 Å². The van der Waals surface area contributed by atoms with E-state index >= 15 is 0 Å².